The molecule has 9 heteroatoms. The average Bonchev–Trinajstić information content (AvgIpc) is 3.59. The molecular formula is C26H28N2O7. The van der Waals surface area contributed by atoms with E-state index < -0.39 is 29.6 Å². The van der Waals surface area contributed by atoms with Crippen molar-refractivity contribution < 1.29 is 33.7 Å². The van der Waals surface area contributed by atoms with Gasteiger partial charge in [0.25, 0.3) is 0 Å². The number of carbonyl (C=O) groups excluding carboxylic acids is 2. The molecule has 9 nitrogen and oxygen atoms in total. The highest BCUT2D eigenvalue weighted by molar-refractivity contribution is 5.90. The van der Waals surface area contributed by atoms with Crippen molar-refractivity contribution in [3.8, 4) is 11.1 Å². The van der Waals surface area contributed by atoms with Crippen molar-refractivity contribution in [1.29, 1.82) is 0 Å². The average molecular weight is 481 g/mol. The van der Waals surface area contributed by atoms with Gasteiger partial charge in [0.15, 0.2) is 6.10 Å². The third kappa shape index (κ3) is 4.49. The number of fused-ring (bicyclic) bond motifs is 3. The zero-order valence-corrected chi connectivity index (χ0v) is 19.2. The molecule has 0 saturated carbocycles. The van der Waals surface area contributed by atoms with Crippen LogP contribution in [-0.2, 0) is 23.8 Å². The molecule has 2 saturated heterocycles. The van der Waals surface area contributed by atoms with Gasteiger partial charge in [-0.2, -0.15) is 0 Å². The number of hydrogen-bond donors (Lipinski definition) is 3. The van der Waals surface area contributed by atoms with Crippen LogP contribution < -0.4 is 10.6 Å². The highest BCUT2D eigenvalue weighted by atomic mass is 16.6. The third-order valence-electron chi connectivity index (χ3n) is 7.12. The van der Waals surface area contributed by atoms with E-state index in [4.69, 9.17) is 14.2 Å². The van der Waals surface area contributed by atoms with Gasteiger partial charge < -0.3 is 30.0 Å². The van der Waals surface area contributed by atoms with Gasteiger partial charge in [-0.1, -0.05) is 48.5 Å². The number of rotatable bonds is 7. The Hall–Kier alpha value is -3.43. The molecular weight excluding hydrogens is 452 g/mol. The predicted molar refractivity (Wildman–Crippen MR) is 125 cm³/mol. The molecule has 3 N–H and O–H groups in total. The molecule has 0 aromatic heterocycles. The molecule has 3 aliphatic rings. The highest BCUT2D eigenvalue weighted by Gasteiger charge is 2.45. The minimum absolute atomic E-state index is 0.0204. The van der Waals surface area contributed by atoms with Crippen LogP contribution >= 0.6 is 0 Å². The van der Waals surface area contributed by atoms with Crippen molar-refractivity contribution >= 4 is 18.0 Å². The molecule has 5 rings (SSSR count). The summed E-state index contributed by atoms with van der Waals surface area (Å²) in [6.07, 6.45) is -0.797. The Labute approximate surface area is 202 Å². The Kier molecular flexibility index (Phi) is 6.44. The maximum Gasteiger partial charge on any atom is 0.408 e. The second kappa shape index (κ2) is 9.67. The van der Waals surface area contributed by atoms with Crippen molar-refractivity contribution in [3.63, 3.8) is 0 Å². The van der Waals surface area contributed by atoms with Crippen molar-refractivity contribution in [2.45, 2.75) is 30.4 Å². The zero-order chi connectivity index (χ0) is 24.4. The van der Waals surface area contributed by atoms with Crippen LogP contribution in [0.4, 0.5) is 4.79 Å². The first-order chi connectivity index (χ1) is 17.0. The van der Waals surface area contributed by atoms with E-state index >= 15 is 0 Å². The van der Waals surface area contributed by atoms with E-state index in [9.17, 15) is 19.5 Å². The number of benzene rings is 2. The third-order valence-corrected chi connectivity index (χ3v) is 7.12. The lowest BCUT2D eigenvalue weighted by atomic mass is 9.96. The van der Waals surface area contributed by atoms with E-state index in [1.54, 1.807) is 0 Å². The number of amides is 2. The summed E-state index contributed by atoms with van der Waals surface area (Å²) in [5.41, 5.74) is 3.20. The molecule has 0 spiro atoms. The van der Waals surface area contributed by atoms with Crippen molar-refractivity contribution in [2.24, 2.45) is 5.92 Å². The van der Waals surface area contributed by atoms with Crippen molar-refractivity contribution in [3.05, 3.63) is 59.7 Å². The summed E-state index contributed by atoms with van der Waals surface area (Å²) in [6, 6.07) is 16.1. The normalized spacial score (nSPS) is 25.0. The molecule has 1 unspecified atom stereocenters. The van der Waals surface area contributed by atoms with Crippen molar-refractivity contribution in [1.82, 2.24) is 10.6 Å². The number of aliphatic carboxylic acids is 1. The number of carbonyl (C=O) groups is 3. The molecule has 0 radical (unpaired) electrons. The Morgan fingerprint density at radius 1 is 1.03 bits per heavy atom. The second-order valence-electron chi connectivity index (χ2n) is 9.22. The molecule has 0 bridgehead atoms. The first-order valence-corrected chi connectivity index (χ1v) is 11.8. The summed E-state index contributed by atoms with van der Waals surface area (Å²) in [6.45, 7) is 0.958. The van der Waals surface area contributed by atoms with Gasteiger partial charge in [-0.3, -0.25) is 4.79 Å². The standard InChI is InChI=1S/C26H28N2O7/c29-23(30)22-16(9-11-34-22)13-27-24(31)26(10-12-33-15-26)28-25(32)35-14-21-19-7-3-1-5-17(19)18-6-2-4-8-20(18)21/h1-8,16,21-22H,9-15H2,(H,27,31)(H,28,32)(H,29,30)/t16-,22-,26?/m0/s1. The highest BCUT2D eigenvalue weighted by Crippen LogP contribution is 2.44. The molecule has 2 aliphatic heterocycles. The van der Waals surface area contributed by atoms with E-state index in [1.165, 1.54) is 0 Å². The van der Waals surface area contributed by atoms with Crippen LogP contribution in [0.25, 0.3) is 11.1 Å². The first kappa shape index (κ1) is 23.3. The lowest BCUT2D eigenvalue weighted by Gasteiger charge is -2.28. The van der Waals surface area contributed by atoms with E-state index in [0.29, 0.717) is 26.1 Å². The van der Waals surface area contributed by atoms with Crippen LogP contribution in [0.15, 0.2) is 48.5 Å². The Morgan fingerprint density at radius 2 is 1.71 bits per heavy atom. The van der Waals surface area contributed by atoms with Gasteiger partial charge in [0, 0.05) is 38.0 Å². The van der Waals surface area contributed by atoms with E-state index in [2.05, 4.69) is 22.8 Å². The molecule has 184 valence electrons. The van der Waals surface area contributed by atoms with Gasteiger partial charge >= 0.3 is 12.1 Å². The van der Waals surface area contributed by atoms with Crippen molar-refractivity contribution in [2.75, 3.05) is 33.0 Å². The Balaban J connectivity index is 1.22. The molecule has 2 aromatic rings. The number of hydrogen-bond acceptors (Lipinski definition) is 6. The van der Waals surface area contributed by atoms with Gasteiger partial charge in [-0.15, -0.1) is 0 Å². The van der Waals surface area contributed by atoms with Gasteiger partial charge in [0.1, 0.15) is 12.1 Å². The van der Waals surface area contributed by atoms with Gasteiger partial charge in [0.2, 0.25) is 5.91 Å². The summed E-state index contributed by atoms with van der Waals surface area (Å²) in [7, 11) is 0. The largest absolute Gasteiger partial charge is 0.479 e. The molecule has 2 heterocycles. The quantitative estimate of drug-likeness (QED) is 0.556. The topological polar surface area (TPSA) is 123 Å². The lowest BCUT2D eigenvalue weighted by Crippen LogP contribution is -2.60. The van der Waals surface area contributed by atoms with E-state index in [-0.39, 0.29) is 31.6 Å². The number of carboxylic acids is 1. The second-order valence-corrected chi connectivity index (χ2v) is 9.22. The number of ether oxygens (including phenoxy) is 3. The van der Waals surface area contributed by atoms with Crippen LogP contribution in [0.2, 0.25) is 0 Å². The predicted octanol–water partition coefficient (Wildman–Crippen LogP) is 2.29. The summed E-state index contributed by atoms with van der Waals surface area (Å²) >= 11 is 0. The van der Waals surface area contributed by atoms with E-state index in [1.807, 2.05) is 36.4 Å². The van der Waals surface area contributed by atoms with Gasteiger partial charge in [-0.05, 0) is 28.7 Å². The maximum atomic E-state index is 13.1. The fraction of sp³-hybridized carbons (Fsp3) is 0.423. The summed E-state index contributed by atoms with van der Waals surface area (Å²) < 4.78 is 16.3. The van der Waals surface area contributed by atoms with Crippen LogP contribution in [0.1, 0.15) is 29.9 Å². The maximum absolute atomic E-state index is 13.1. The Bertz CT molecular complexity index is 1080. The fourth-order valence-corrected chi connectivity index (χ4v) is 5.24. The minimum Gasteiger partial charge on any atom is -0.479 e. The van der Waals surface area contributed by atoms with Crippen LogP contribution in [-0.4, -0.2) is 67.7 Å². The summed E-state index contributed by atoms with van der Waals surface area (Å²) in [5, 5.41) is 14.8. The van der Waals surface area contributed by atoms with Crippen LogP contribution in [0, 0.1) is 5.92 Å². The molecule has 1 aliphatic carbocycles. The first-order valence-electron chi connectivity index (χ1n) is 11.8. The lowest BCUT2D eigenvalue weighted by molar-refractivity contribution is -0.149. The summed E-state index contributed by atoms with van der Waals surface area (Å²) in [5.74, 6) is -1.88. The molecule has 3 atom stereocenters. The van der Waals surface area contributed by atoms with Crippen LogP contribution in [0.5, 0.6) is 0 Å². The van der Waals surface area contributed by atoms with Gasteiger partial charge in [-0.25, -0.2) is 9.59 Å². The van der Waals surface area contributed by atoms with E-state index in [0.717, 1.165) is 22.3 Å². The Morgan fingerprint density at radius 3 is 2.34 bits per heavy atom. The number of alkyl carbamates (subject to hydrolysis) is 1. The number of carboxylic acid groups (broad SMARTS) is 1. The molecule has 35 heavy (non-hydrogen) atoms. The fourth-order valence-electron chi connectivity index (χ4n) is 5.24. The summed E-state index contributed by atoms with van der Waals surface area (Å²) in [4.78, 5) is 37.2. The zero-order valence-electron chi connectivity index (χ0n) is 19.2. The monoisotopic (exact) mass is 480 g/mol. The number of nitrogens with one attached hydrogen (secondary N) is 2. The van der Waals surface area contributed by atoms with Gasteiger partial charge in [0.05, 0.1) is 6.61 Å². The SMILES string of the molecule is O=C(NC1(C(=O)NC[C@@H]2CCO[C@@H]2C(=O)O)CCOC1)OCC1c2ccccc2-c2ccccc21. The molecule has 2 amide bonds. The minimum atomic E-state index is -1.26. The molecule has 2 aromatic carbocycles. The smallest absolute Gasteiger partial charge is 0.408 e. The molecule has 2 fully saturated rings. The van der Waals surface area contributed by atoms with Crippen LogP contribution in [0.3, 0.4) is 0 Å².